The third-order valence-corrected chi connectivity index (χ3v) is 5.17. The second-order valence-electron chi connectivity index (χ2n) is 6.04. The van der Waals surface area contributed by atoms with Gasteiger partial charge in [-0.3, -0.25) is 4.79 Å². The van der Waals surface area contributed by atoms with Crippen molar-refractivity contribution in [3.8, 4) is 0 Å². The van der Waals surface area contributed by atoms with E-state index in [-0.39, 0.29) is 17.2 Å². The number of benzene rings is 1. The Morgan fingerprint density at radius 2 is 2.15 bits per heavy atom. The third-order valence-electron chi connectivity index (χ3n) is 4.72. The van der Waals surface area contributed by atoms with Crippen LogP contribution in [-0.4, -0.2) is 19.0 Å². The van der Waals surface area contributed by atoms with Crippen molar-refractivity contribution in [3.63, 3.8) is 0 Å². The van der Waals surface area contributed by atoms with Crippen LogP contribution in [0.3, 0.4) is 0 Å². The molecule has 1 aromatic carbocycles. The molecular formula is C15H20BrN3O. The molecule has 1 spiro atoms. The minimum absolute atomic E-state index is 0.121. The van der Waals surface area contributed by atoms with Crippen molar-refractivity contribution in [2.75, 3.05) is 24.1 Å². The second-order valence-corrected chi connectivity index (χ2v) is 6.96. The van der Waals surface area contributed by atoms with Gasteiger partial charge in [0, 0.05) is 10.4 Å². The van der Waals surface area contributed by atoms with Crippen molar-refractivity contribution in [1.82, 2.24) is 5.32 Å². The number of hydrogen-bond donors (Lipinski definition) is 3. The number of nitrogens with one attached hydrogen (secondary N) is 2. The molecule has 0 aromatic heterocycles. The smallest absolute Gasteiger partial charge is 0.228 e. The number of nitrogens with two attached hydrogens (primary N) is 1. The zero-order chi connectivity index (χ0) is 14.3. The standard InChI is InChI=1S/C15H20BrN3O/c1-9-6-10(16)7-12(13(9)17)19-14(20)11-8-15(11)2-4-18-5-3-15/h6-7,11,18H,2-5,8,17H2,1H3,(H,19,20). The first kappa shape index (κ1) is 13.9. The van der Waals surface area contributed by atoms with Gasteiger partial charge < -0.3 is 16.4 Å². The van der Waals surface area contributed by atoms with E-state index < -0.39 is 0 Å². The Hall–Kier alpha value is -1.07. The summed E-state index contributed by atoms with van der Waals surface area (Å²) < 4.78 is 0.937. The van der Waals surface area contributed by atoms with Crippen LogP contribution < -0.4 is 16.4 Å². The molecule has 1 heterocycles. The van der Waals surface area contributed by atoms with E-state index in [1.807, 2.05) is 19.1 Å². The van der Waals surface area contributed by atoms with Gasteiger partial charge in [-0.25, -0.2) is 0 Å². The number of carbonyl (C=O) groups is 1. The first-order valence-corrected chi connectivity index (χ1v) is 7.88. The summed E-state index contributed by atoms with van der Waals surface area (Å²) in [6, 6.07) is 3.83. The molecule has 5 heteroatoms. The van der Waals surface area contributed by atoms with Gasteiger partial charge in [0.25, 0.3) is 0 Å². The Labute approximate surface area is 127 Å². The third kappa shape index (κ3) is 2.44. The van der Waals surface area contributed by atoms with Gasteiger partial charge in [0.1, 0.15) is 0 Å². The maximum Gasteiger partial charge on any atom is 0.228 e. The molecular weight excluding hydrogens is 318 g/mol. The zero-order valence-electron chi connectivity index (χ0n) is 11.6. The molecule has 2 fully saturated rings. The van der Waals surface area contributed by atoms with E-state index in [9.17, 15) is 4.79 Å². The summed E-state index contributed by atoms with van der Waals surface area (Å²) in [5.41, 5.74) is 8.65. The number of rotatable bonds is 2. The maximum absolute atomic E-state index is 12.4. The Balaban J connectivity index is 1.71. The molecule has 0 radical (unpaired) electrons. The molecule has 3 rings (SSSR count). The normalized spacial score (nSPS) is 23.6. The van der Waals surface area contributed by atoms with Crippen LogP contribution in [0.25, 0.3) is 0 Å². The molecule has 1 unspecified atom stereocenters. The van der Waals surface area contributed by atoms with E-state index in [0.29, 0.717) is 5.69 Å². The molecule has 1 aliphatic carbocycles. The minimum Gasteiger partial charge on any atom is -0.397 e. The van der Waals surface area contributed by atoms with Crippen molar-refractivity contribution >= 4 is 33.2 Å². The van der Waals surface area contributed by atoms with Gasteiger partial charge >= 0.3 is 0 Å². The fourth-order valence-corrected chi connectivity index (χ4v) is 3.85. The van der Waals surface area contributed by atoms with E-state index in [0.717, 1.165) is 48.1 Å². The fourth-order valence-electron chi connectivity index (χ4n) is 3.27. The SMILES string of the molecule is Cc1cc(Br)cc(NC(=O)C2CC23CCNCC3)c1N. The molecule has 4 N–H and O–H groups in total. The maximum atomic E-state index is 12.4. The number of piperidine rings is 1. The molecule has 1 aliphatic heterocycles. The lowest BCUT2D eigenvalue weighted by atomic mass is 9.92. The van der Waals surface area contributed by atoms with Crippen molar-refractivity contribution in [2.24, 2.45) is 11.3 Å². The van der Waals surface area contributed by atoms with E-state index in [1.165, 1.54) is 0 Å². The molecule has 2 aliphatic rings. The number of amides is 1. The number of aryl methyl sites for hydroxylation is 1. The average Bonchev–Trinajstić information content (AvgIpc) is 3.10. The number of anilines is 2. The van der Waals surface area contributed by atoms with Crippen molar-refractivity contribution in [2.45, 2.75) is 26.2 Å². The lowest BCUT2D eigenvalue weighted by Gasteiger charge is -2.23. The van der Waals surface area contributed by atoms with E-state index >= 15 is 0 Å². The van der Waals surface area contributed by atoms with Crippen LogP contribution >= 0.6 is 15.9 Å². The monoisotopic (exact) mass is 337 g/mol. The van der Waals surface area contributed by atoms with Gasteiger partial charge in [-0.15, -0.1) is 0 Å². The van der Waals surface area contributed by atoms with Crippen molar-refractivity contribution < 1.29 is 4.79 Å². The fraction of sp³-hybridized carbons (Fsp3) is 0.533. The Bertz CT molecular complexity index is 552. The van der Waals surface area contributed by atoms with Crippen LogP contribution in [0.15, 0.2) is 16.6 Å². The molecule has 1 saturated carbocycles. The second kappa shape index (κ2) is 5.04. The van der Waals surface area contributed by atoms with Gasteiger partial charge in [-0.1, -0.05) is 15.9 Å². The van der Waals surface area contributed by atoms with Gasteiger partial charge in [-0.2, -0.15) is 0 Å². The van der Waals surface area contributed by atoms with Gasteiger partial charge in [0.2, 0.25) is 5.91 Å². The minimum atomic E-state index is 0.121. The lowest BCUT2D eigenvalue weighted by molar-refractivity contribution is -0.118. The summed E-state index contributed by atoms with van der Waals surface area (Å²) in [5.74, 6) is 0.277. The summed E-state index contributed by atoms with van der Waals surface area (Å²) in [5, 5.41) is 6.37. The molecule has 108 valence electrons. The summed E-state index contributed by atoms with van der Waals surface area (Å²) in [4.78, 5) is 12.4. The predicted octanol–water partition coefficient (Wildman–Crippen LogP) is 2.67. The number of halogens is 1. The van der Waals surface area contributed by atoms with E-state index in [1.54, 1.807) is 0 Å². The predicted molar refractivity (Wildman–Crippen MR) is 84.6 cm³/mol. The first-order chi connectivity index (χ1) is 9.52. The average molecular weight is 338 g/mol. The summed E-state index contributed by atoms with van der Waals surface area (Å²) >= 11 is 3.44. The lowest BCUT2D eigenvalue weighted by Crippen LogP contribution is -2.31. The van der Waals surface area contributed by atoms with Crippen LogP contribution in [0.4, 0.5) is 11.4 Å². The van der Waals surface area contributed by atoms with E-state index in [4.69, 9.17) is 5.73 Å². The largest absolute Gasteiger partial charge is 0.397 e. The highest BCUT2D eigenvalue weighted by atomic mass is 79.9. The van der Waals surface area contributed by atoms with Crippen molar-refractivity contribution in [1.29, 1.82) is 0 Å². The van der Waals surface area contributed by atoms with Crippen LogP contribution in [0.5, 0.6) is 0 Å². The highest BCUT2D eigenvalue weighted by Crippen LogP contribution is 2.58. The summed E-state index contributed by atoms with van der Waals surface area (Å²) in [7, 11) is 0. The Morgan fingerprint density at radius 1 is 1.45 bits per heavy atom. The van der Waals surface area contributed by atoms with Crippen LogP contribution in [0.2, 0.25) is 0 Å². The highest BCUT2D eigenvalue weighted by molar-refractivity contribution is 9.10. The van der Waals surface area contributed by atoms with Crippen molar-refractivity contribution in [3.05, 3.63) is 22.2 Å². The Morgan fingerprint density at radius 3 is 2.85 bits per heavy atom. The summed E-state index contributed by atoms with van der Waals surface area (Å²) in [6.45, 7) is 4.00. The molecule has 1 saturated heterocycles. The quantitative estimate of drug-likeness (QED) is 0.727. The zero-order valence-corrected chi connectivity index (χ0v) is 13.2. The number of hydrogen-bond acceptors (Lipinski definition) is 3. The van der Waals surface area contributed by atoms with Crippen LogP contribution in [0.1, 0.15) is 24.8 Å². The molecule has 0 bridgehead atoms. The number of nitrogen functional groups attached to an aromatic ring is 1. The van der Waals surface area contributed by atoms with E-state index in [2.05, 4.69) is 26.6 Å². The molecule has 1 atom stereocenters. The number of carbonyl (C=O) groups excluding carboxylic acids is 1. The highest BCUT2D eigenvalue weighted by Gasteiger charge is 2.57. The van der Waals surface area contributed by atoms with Crippen LogP contribution in [0, 0.1) is 18.3 Å². The van der Waals surface area contributed by atoms with Gasteiger partial charge in [0.05, 0.1) is 11.4 Å². The molecule has 20 heavy (non-hydrogen) atoms. The molecule has 1 aromatic rings. The summed E-state index contributed by atoms with van der Waals surface area (Å²) in [6.07, 6.45) is 3.24. The van der Waals surface area contributed by atoms with Gasteiger partial charge in [0.15, 0.2) is 0 Å². The molecule has 4 nitrogen and oxygen atoms in total. The first-order valence-electron chi connectivity index (χ1n) is 7.09. The molecule has 1 amide bonds. The Kier molecular flexibility index (Phi) is 3.50. The topological polar surface area (TPSA) is 67.2 Å². The van der Waals surface area contributed by atoms with Crippen LogP contribution in [-0.2, 0) is 4.79 Å². The van der Waals surface area contributed by atoms with Gasteiger partial charge in [-0.05, 0) is 62.4 Å².